The Labute approximate surface area is 182 Å². The van der Waals surface area contributed by atoms with Gasteiger partial charge in [-0.15, -0.1) is 11.3 Å². The molecule has 0 aliphatic carbocycles. The minimum Gasteiger partial charge on any atom is -0.311 e. The molecule has 0 aromatic carbocycles. The van der Waals surface area contributed by atoms with Gasteiger partial charge in [0.1, 0.15) is 5.01 Å². The molecule has 8 heteroatoms. The van der Waals surface area contributed by atoms with Gasteiger partial charge < -0.3 is 5.32 Å². The average molecular weight is 426 g/mol. The second-order valence-corrected chi connectivity index (χ2v) is 8.68. The molecule has 0 radical (unpaired) electrons. The lowest BCUT2D eigenvalue weighted by Crippen LogP contribution is -2.22. The first-order valence-corrected chi connectivity index (χ1v) is 11.0. The monoisotopic (exact) mass is 425 g/mol. The maximum atomic E-state index is 4.91. The van der Waals surface area contributed by atoms with E-state index in [4.69, 9.17) is 9.97 Å². The molecular formula is C23H19N7S. The number of nitrogens with zero attached hydrogens (tertiary/aromatic N) is 5. The summed E-state index contributed by atoms with van der Waals surface area (Å²) in [7, 11) is 0. The van der Waals surface area contributed by atoms with Crippen LogP contribution in [0, 0.1) is 6.92 Å². The van der Waals surface area contributed by atoms with Gasteiger partial charge in [-0.1, -0.05) is 6.07 Å². The topological polar surface area (TPSA) is 92.3 Å². The van der Waals surface area contributed by atoms with Gasteiger partial charge in [0.15, 0.2) is 0 Å². The molecule has 0 saturated carbocycles. The third kappa shape index (κ3) is 3.30. The Hall–Kier alpha value is -3.49. The predicted molar refractivity (Wildman–Crippen MR) is 122 cm³/mol. The number of fused-ring (bicyclic) bond motifs is 2. The van der Waals surface area contributed by atoms with E-state index in [0.717, 1.165) is 69.5 Å². The molecule has 1 aliphatic heterocycles. The van der Waals surface area contributed by atoms with E-state index in [2.05, 4.69) is 31.5 Å². The maximum Gasteiger partial charge on any atom is 0.125 e. The fourth-order valence-corrected chi connectivity index (χ4v) is 4.94. The maximum absolute atomic E-state index is 4.91. The molecule has 5 aromatic heterocycles. The highest BCUT2D eigenvalue weighted by Gasteiger charge is 2.17. The first kappa shape index (κ1) is 18.3. The Kier molecular flexibility index (Phi) is 4.33. The van der Waals surface area contributed by atoms with E-state index in [-0.39, 0.29) is 0 Å². The summed E-state index contributed by atoms with van der Waals surface area (Å²) in [5.41, 5.74) is 8.32. The second kappa shape index (κ2) is 7.33. The van der Waals surface area contributed by atoms with Crippen LogP contribution in [-0.2, 0) is 13.0 Å². The van der Waals surface area contributed by atoms with Crippen molar-refractivity contribution in [1.29, 1.82) is 0 Å². The molecule has 0 saturated heterocycles. The summed E-state index contributed by atoms with van der Waals surface area (Å²) in [5, 5.41) is 11.7. The quantitative estimate of drug-likeness (QED) is 0.451. The minimum atomic E-state index is 0.834. The van der Waals surface area contributed by atoms with E-state index in [1.165, 1.54) is 10.6 Å². The van der Waals surface area contributed by atoms with Gasteiger partial charge in [-0.2, -0.15) is 5.10 Å². The van der Waals surface area contributed by atoms with Gasteiger partial charge in [-0.25, -0.2) is 9.97 Å². The minimum absolute atomic E-state index is 0.834. The molecule has 6 heterocycles. The zero-order valence-electron chi connectivity index (χ0n) is 16.9. The van der Waals surface area contributed by atoms with E-state index in [1.54, 1.807) is 17.5 Å². The van der Waals surface area contributed by atoms with Crippen molar-refractivity contribution in [3.05, 3.63) is 65.1 Å². The molecule has 0 bridgehead atoms. The molecule has 5 aromatic rings. The fourth-order valence-electron chi connectivity index (χ4n) is 3.88. The zero-order chi connectivity index (χ0) is 20.8. The summed E-state index contributed by atoms with van der Waals surface area (Å²) in [4.78, 5) is 20.3. The van der Waals surface area contributed by atoms with Gasteiger partial charge >= 0.3 is 0 Å². The highest BCUT2D eigenvalue weighted by atomic mass is 32.1. The Bertz CT molecular complexity index is 1400. The van der Waals surface area contributed by atoms with Crippen LogP contribution in [0.2, 0.25) is 0 Å². The number of rotatable bonds is 3. The smallest absolute Gasteiger partial charge is 0.125 e. The molecular weight excluding hydrogens is 406 g/mol. The SMILES string of the molecule is Cc1cccc(-c2[nH]ncc2-c2ccc3ncc(-c4nc5c(s4)CNCC5)cc3n2)n1. The number of pyridine rings is 3. The summed E-state index contributed by atoms with van der Waals surface area (Å²) < 4.78 is 0. The first-order valence-electron chi connectivity index (χ1n) is 10.2. The van der Waals surface area contributed by atoms with E-state index in [9.17, 15) is 0 Å². The number of hydrogen-bond donors (Lipinski definition) is 2. The molecule has 152 valence electrons. The molecule has 0 unspecified atom stereocenters. The molecule has 0 atom stereocenters. The molecule has 0 amide bonds. The van der Waals surface area contributed by atoms with Crippen molar-refractivity contribution in [1.82, 2.24) is 35.5 Å². The molecule has 0 spiro atoms. The molecule has 31 heavy (non-hydrogen) atoms. The van der Waals surface area contributed by atoms with Crippen LogP contribution in [0.5, 0.6) is 0 Å². The number of aromatic nitrogens is 6. The van der Waals surface area contributed by atoms with Gasteiger partial charge in [-0.05, 0) is 37.3 Å². The zero-order valence-corrected chi connectivity index (χ0v) is 17.7. The van der Waals surface area contributed by atoms with Gasteiger partial charge in [0.05, 0.1) is 40.0 Å². The van der Waals surface area contributed by atoms with Crippen molar-refractivity contribution >= 4 is 22.4 Å². The summed E-state index contributed by atoms with van der Waals surface area (Å²) in [6, 6.07) is 12.0. The van der Waals surface area contributed by atoms with Crippen LogP contribution in [0.3, 0.4) is 0 Å². The van der Waals surface area contributed by atoms with Crippen molar-refractivity contribution in [2.45, 2.75) is 19.9 Å². The van der Waals surface area contributed by atoms with Gasteiger partial charge in [-0.3, -0.25) is 15.1 Å². The van der Waals surface area contributed by atoms with Crippen molar-refractivity contribution in [2.24, 2.45) is 0 Å². The highest BCUT2D eigenvalue weighted by Crippen LogP contribution is 2.32. The summed E-state index contributed by atoms with van der Waals surface area (Å²) in [6.45, 7) is 3.86. The largest absolute Gasteiger partial charge is 0.311 e. The third-order valence-corrected chi connectivity index (χ3v) is 6.59. The number of aryl methyl sites for hydroxylation is 1. The number of hydrogen-bond acceptors (Lipinski definition) is 7. The molecule has 6 rings (SSSR count). The van der Waals surface area contributed by atoms with Gasteiger partial charge in [0.25, 0.3) is 0 Å². The number of H-pyrrole nitrogens is 1. The van der Waals surface area contributed by atoms with E-state index >= 15 is 0 Å². The van der Waals surface area contributed by atoms with E-state index in [1.807, 2.05) is 43.5 Å². The normalized spacial score (nSPS) is 13.5. The van der Waals surface area contributed by atoms with E-state index < -0.39 is 0 Å². The van der Waals surface area contributed by atoms with Crippen LogP contribution in [-0.4, -0.2) is 36.7 Å². The van der Waals surface area contributed by atoms with Crippen molar-refractivity contribution in [2.75, 3.05) is 6.54 Å². The number of thiazole rings is 1. The Balaban J connectivity index is 1.42. The van der Waals surface area contributed by atoms with Crippen LogP contribution >= 0.6 is 11.3 Å². The summed E-state index contributed by atoms with van der Waals surface area (Å²) in [5.74, 6) is 0. The predicted octanol–water partition coefficient (Wildman–Crippen LogP) is 4.16. The van der Waals surface area contributed by atoms with Crippen LogP contribution in [0.4, 0.5) is 0 Å². The standard InChI is InChI=1S/C23H19N7S/c1-13-3-2-4-19(27-13)22-15(11-26-30-22)16-5-6-17-20(28-16)9-14(10-25-17)23-29-18-7-8-24-12-21(18)31-23/h2-6,9-11,24H,7-8,12H2,1H3,(H,26,30). The Morgan fingerprint density at radius 1 is 0.968 bits per heavy atom. The third-order valence-electron chi connectivity index (χ3n) is 5.45. The fraction of sp³-hybridized carbons (Fsp3) is 0.174. The number of nitrogens with one attached hydrogen (secondary N) is 2. The lowest BCUT2D eigenvalue weighted by atomic mass is 10.1. The molecule has 0 fully saturated rings. The molecule has 2 N–H and O–H groups in total. The van der Waals surface area contributed by atoms with Crippen LogP contribution in [0.1, 0.15) is 16.3 Å². The lowest BCUT2D eigenvalue weighted by Gasteiger charge is -2.09. The number of aromatic amines is 1. The van der Waals surface area contributed by atoms with Crippen molar-refractivity contribution in [3.63, 3.8) is 0 Å². The van der Waals surface area contributed by atoms with Gasteiger partial charge in [0, 0.05) is 47.4 Å². The van der Waals surface area contributed by atoms with Crippen LogP contribution in [0.25, 0.3) is 44.2 Å². The summed E-state index contributed by atoms with van der Waals surface area (Å²) >= 11 is 1.74. The average Bonchev–Trinajstić information content (AvgIpc) is 3.46. The lowest BCUT2D eigenvalue weighted by molar-refractivity contribution is 0.644. The first-order chi connectivity index (χ1) is 15.2. The molecule has 1 aliphatic rings. The highest BCUT2D eigenvalue weighted by molar-refractivity contribution is 7.15. The van der Waals surface area contributed by atoms with Crippen LogP contribution in [0.15, 0.2) is 48.8 Å². The van der Waals surface area contributed by atoms with Crippen molar-refractivity contribution < 1.29 is 0 Å². The summed E-state index contributed by atoms with van der Waals surface area (Å²) in [6.07, 6.45) is 4.67. The second-order valence-electron chi connectivity index (χ2n) is 7.60. The van der Waals surface area contributed by atoms with Gasteiger partial charge in [0.2, 0.25) is 0 Å². The Morgan fingerprint density at radius 3 is 2.84 bits per heavy atom. The molecule has 7 nitrogen and oxygen atoms in total. The van der Waals surface area contributed by atoms with Crippen LogP contribution < -0.4 is 5.32 Å². The van der Waals surface area contributed by atoms with Crippen molar-refractivity contribution in [3.8, 4) is 33.2 Å². The Morgan fingerprint density at radius 2 is 1.94 bits per heavy atom. The van der Waals surface area contributed by atoms with E-state index in [0.29, 0.717) is 0 Å².